The molecule has 1 aliphatic rings. The first kappa shape index (κ1) is 13.3. The van der Waals surface area contributed by atoms with Crippen LogP contribution in [0, 0.1) is 6.92 Å². The molecular weight excluding hydrogens is 252 g/mol. The van der Waals surface area contributed by atoms with Crippen LogP contribution in [0.15, 0.2) is 30.3 Å². The molecule has 3 rings (SSSR count). The van der Waals surface area contributed by atoms with Crippen molar-refractivity contribution in [2.75, 3.05) is 6.61 Å². The summed E-state index contributed by atoms with van der Waals surface area (Å²) in [5.74, 6) is 0. The second-order valence-corrected chi connectivity index (χ2v) is 5.39. The highest BCUT2D eigenvalue weighted by atomic mass is 16.5. The van der Waals surface area contributed by atoms with E-state index in [1.54, 1.807) is 4.68 Å². The molecule has 0 saturated carbocycles. The van der Waals surface area contributed by atoms with Gasteiger partial charge in [0.05, 0.1) is 30.2 Å². The van der Waals surface area contributed by atoms with Crippen LogP contribution in [0.2, 0.25) is 0 Å². The topological polar surface area (TPSA) is 47.3 Å². The molecule has 0 bridgehead atoms. The molecule has 2 aromatic rings. The van der Waals surface area contributed by atoms with Gasteiger partial charge in [0.1, 0.15) is 0 Å². The lowest BCUT2D eigenvalue weighted by atomic mass is 9.93. The Kier molecular flexibility index (Phi) is 3.59. The van der Waals surface area contributed by atoms with Gasteiger partial charge in [0.25, 0.3) is 0 Å². The largest absolute Gasteiger partial charge is 0.387 e. The Morgan fingerprint density at radius 1 is 1.45 bits per heavy atom. The summed E-state index contributed by atoms with van der Waals surface area (Å²) in [6.45, 7) is 2.65. The molecule has 1 aromatic heterocycles. The van der Waals surface area contributed by atoms with Gasteiger partial charge in [-0.25, -0.2) is 0 Å². The van der Waals surface area contributed by atoms with Crippen LogP contribution in [0.3, 0.4) is 0 Å². The van der Waals surface area contributed by atoms with E-state index in [0.717, 1.165) is 24.4 Å². The molecule has 0 amide bonds. The zero-order valence-electron chi connectivity index (χ0n) is 11.9. The van der Waals surface area contributed by atoms with Crippen molar-refractivity contribution < 1.29 is 9.84 Å². The van der Waals surface area contributed by atoms with Crippen molar-refractivity contribution in [2.24, 2.45) is 7.05 Å². The molecule has 20 heavy (non-hydrogen) atoms. The second kappa shape index (κ2) is 5.38. The molecular formula is C16H20N2O2. The monoisotopic (exact) mass is 272 g/mol. The zero-order valence-corrected chi connectivity index (χ0v) is 11.9. The number of nitrogens with zero attached hydrogens (tertiary/aromatic N) is 2. The molecule has 0 aliphatic carbocycles. The number of aliphatic hydroxyl groups is 1. The van der Waals surface area contributed by atoms with E-state index in [1.807, 2.05) is 26.1 Å². The highest BCUT2D eigenvalue weighted by Crippen LogP contribution is 2.34. The van der Waals surface area contributed by atoms with Crippen LogP contribution < -0.4 is 0 Å². The molecule has 1 N–H and O–H groups in total. The Morgan fingerprint density at radius 3 is 3.00 bits per heavy atom. The number of hydrogen-bond acceptors (Lipinski definition) is 3. The molecule has 106 valence electrons. The van der Waals surface area contributed by atoms with Crippen LogP contribution >= 0.6 is 0 Å². The van der Waals surface area contributed by atoms with E-state index in [1.165, 1.54) is 11.1 Å². The van der Waals surface area contributed by atoms with E-state index in [4.69, 9.17) is 4.74 Å². The molecule has 4 heteroatoms. The SMILES string of the molecule is Cc1cc(C(O)CC2OCCc3ccccc32)n(C)n1. The summed E-state index contributed by atoms with van der Waals surface area (Å²) in [7, 11) is 1.86. The van der Waals surface area contributed by atoms with Gasteiger partial charge >= 0.3 is 0 Å². The maximum absolute atomic E-state index is 10.5. The van der Waals surface area contributed by atoms with Crippen molar-refractivity contribution in [3.63, 3.8) is 0 Å². The van der Waals surface area contributed by atoms with Gasteiger partial charge in [-0.3, -0.25) is 4.68 Å². The predicted molar refractivity (Wildman–Crippen MR) is 76.4 cm³/mol. The van der Waals surface area contributed by atoms with Crippen molar-refractivity contribution in [3.8, 4) is 0 Å². The van der Waals surface area contributed by atoms with Crippen molar-refractivity contribution in [1.29, 1.82) is 0 Å². The van der Waals surface area contributed by atoms with E-state index < -0.39 is 6.10 Å². The first-order valence-electron chi connectivity index (χ1n) is 7.03. The summed E-state index contributed by atoms with van der Waals surface area (Å²) < 4.78 is 7.60. The highest BCUT2D eigenvalue weighted by molar-refractivity contribution is 5.31. The van der Waals surface area contributed by atoms with Crippen LogP contribution in [0.4, 0.5) is 0 Å². The smallest absolute Gasteiger partial charge is 0.0984 e. The lowest BCUT2D eigenvalue weighted by Gasteiger charge is -2.27. The van der Waals surface area contributed by atoms with E-state index in [-0.39, 0.29) is 6.10 Å². The Hall–Kier alpha value is -1.65. The van der Waals surface area contributed by atoms with Crippen molar-refractivity contribution >= 4 is 0 Å². The molecule has 1 aliphatic heterocycles. The lowest BCUT2D eigenvalue weighted by molar-refractivity contribution is 0.00201. The lowest BCUT2D eigenvalue weighted by Crippen LogP contribution is -2.19. The number of aromatic nitrogens is 2. The normalized spacial score (nSPS) is 19.6. The average molecular weight is 272 g/mol. The first-order chi connectivity index (χ1) is 9.65. The van der Waals surface area contributed by atoms with E-state index in [9.17, 15) is 5.11 Å². The first-order valence-corrected chi connectivity index (χ1v) is 7.03. The minimum atomic E-state index is -0.558. The Balaban J connectivity index is 1.80. The van der Waals surface area contributed by atoms with Crippen LogP contribution in [-0.4, -0.2) is 21.5 Å². The van der Waals surface area contributed by atoms with Gasteiger partial charge < -0.3 is 9.84 Å². The second-order valence-electron chi connectivity index (χ2n) is 5.39. The number of fused-ring (bicyclic) bond motifs is 1. The number of benzene rings is 1. The van der Waals surface area contributed by atoms with Crippen molar-refractivity contribution in [1.82, 2.24) is 9.78 Å². The van der Waals surface area contributed by atoms with E-state index in [0.29, 0.717) is 6.42 Å². The molecule has 2 heterocycles. The third-order valence-corrected chi connectivity index (χ3v) is 3.91. The van der Waals surface area contributed by atoms with Crippen LogP contribution in [0.1, 0.15) is 41.1 Å². The molecule has 1 aromatic carbocycles. The van der Waals surface area contributed by atoms with Gasteiger partial charge in [0.15, 0.2) is 0 Å². The quantitative estimate of drug-likeness (QED) is 0.933. The van der Waals surface area contributed by atoms with Crippen LogP contribution in [0.25, 0.3) is 0 Å². The Morgan fingerprint density at radius 2 is 2.25 bits per heavy atom. The van der Waals surface area contributed by atoms with Crippen LogP contribution in [0.5, 0.6) is 0 Å². The number of aliphatic hydroxyl groups excluding tert-OH is 1. The third kappa shape index (κ3) is 2.49. The standard InChI is InChI=1S/C16H20N2O2/c1-11-9-14(18(2)17-11)15(19)10-16-13-6-4-3-5-12(13)7-8-20-16/h3-6,9,15-16,19H,7-8,10H2,1-2H3. The zero-order chi connectivity index (χ0) is 14.1. The molecule has 2 atom stereocenters. The Labute approximate surface area is 119 Å². The Bertz CT molecular complexity index is 606. The van der Waals surface area contributed by atoms with Gasteiger partial charge in [-0.05, 0) is 30.5 Å². The summed E-state index contributed by atoms with van der Waals surface area (Å²) >= 11 is 0. The van der Waals surface area contributed by atoms with Gasteiger partial charge in [0.2, 0.25) is 0 Å². The molecule has 0 radical (unpaired) electrons. The fourth-order valence-corrected chi connectivity index (χ4v) is 2.94. The summed E-state index contributed by atoms with van der Waals surface area (Å²) in [5.41, 5.74) is 4.30. The minimum absolute atomic E-state index is 0.0369. The highest BCUT2D eigenvalue weighted by Gasteiger charge is 2.25. The maximum atomic E-state index is 10.5. The summed E-state index contributed by atoms with van der Waals surface area (Å²) in [6, 6.07) is 10.3. The summed E-state index contributed by atoms with van der Waals surface area (Å²) in [5, 5.41) is 14.7. The number of ether oxygens (including phenoxy) is 1. The molecule has 0 saturated heterocycles. The molecule has 0 spiro atoms. The third-order valence-electron chi connectivity index (χ3n) is 3.91. The van der Waals surface area contributed by atoms with Gasteiger partial charge in [-0.15, -0.1) is 0 Å². The van der Waals surface area contributed by atoms with E-state index >= 15 is 0 Å². The van der Waals surface area contributed by atoms with E-state index in [2.05, 4.69) is 23.3 Å². The number of rotatable bonds is 3. The summed E-state index contributed by atoms with van der Waals surface area (Å²) in [6.07, 6.45) is 0.923. The van der Waals surface area contributed by atoms with Crippen molar-refractivity contribution in [2.45, 2.75) is 32.0 Å². The average Bonchev–Trinajstić information content (AvgIpc) is 2.78. The van der Waals surface area contributed by atoms with Gasteiger partial charge in [-0.1, -0.05) is 24.3 Å². The maximum Gasteiger partial charge on any atom is 0.0984 e. The summed E-state index contributed by atoms with van der Waals surface area (Å²) in [4.78, 5) is 0. The minimum Gasteiger partial charge on any atom is -0.387 e. The predicted octanol–water partition coefficient (Wildman–Crippen LogP) is 2.47. The molecule has 0 fully saturated rings. The van der Waals surface area contributed by atoms with Crippen molar-refractivity contribution in [3.05, 3.63) is 52.8 Å². The number of aryl methyl sites for hydroxylation is 2. The fraction of sp³-hybridized carbons (Fsp3) is 0.438. The molecule has 4 nitrogen and oxygen atoms in total. The number of hydrogen-bond donors (Lipinski definition) is 1. The van der Waals surface area contributed by atoms with Gasteiger partial charge in [-0.2, -0.15) is 5.10 Å². The molecule has 2 unspecified atom stereocenters. The fourth-order valence-electron chi connectivity index (χ4n) is 2.94. The van der Waals surface area contributed by atoms with Crippen LogP contribution in [-0.2, 0) is 18.2 Å². The van der Waals surface area contributed by atoms with Gasteiger partial charge in [0, 0.05) is 13.5 Å².